The summed E-state index contributed by atoms with van der Waals surface area (Å²) in [4.78, 5) is 0. The third-order valence-electron chi connectivity index (χ3n) is 3.23. The maximum absolute atomic E-state index is 6.10. The topological polar surface area (TPSA) is 26.0 Å². The molecule has 0 radical (unpaired) electrons. The summed E-state index contributed by atoms with van der Waals surface area (Å²) in [5.41, 5.74) is 6.10. The van der Waals surface area contributed by atoms with E-state index < -0.39 is 0 Å². The molecule has 0 aromatic heterocycles. The maximum Gasteiger partial charge on any atom is 0.0131 e. The van der Waals surface area contributed by atoms with Crippen molar-refractivity contribution in [1.29, 1.82) is 0 Å². The van der Waals surface area contributed by atoms with E-state index in [1.165, 1.54) is 0 Å². The van der Waals surface area contributed by atoms with Crippen molar-refractivity contribution in [2.24, 2.45) is 29.4 Å². The highest BCUT2D eigenvalue weighted by Gasteiger charge is 2.29. The first-order valence-corrected chi connectivity index (χ1v) is 4.98. The lowest BCUT2D eigenvalue weighted by molar-refractivity contribution is 0.243. The lowest BCUT2D eigenvalue weighted by Crippen LogP contribution is -2.41. The van der Waals surface area contributed by atoms with Crippen molar-refractivity contribution in [2.75, 3.05) is 0 Å². The third-order valence-corrected chi connectivity index (χ3v) is 3.23. The van der Waals surface area contributed by atoms with Gasteiger partial charge in [0.05, 0.1) is 0 Å². The number of rotatable bonds is 1. The van der Waals surface area contributed by atoms with Gasteiger partial charge in [0.15, 0.2) is 0 Å². The first-order valence-electron chi connectivity index (χ1n) is 4.98. The first-order chi connectivity index (χ1) is 5.54. The Morgan fingerprint density at radius 3 is 2.25 bits per heavy atom. The monoisotopic (exact) mass is 167 g/mol. The molecule has 1 aliphatic rings. The third kappa shape index (κ3) is 1.71. The summed E-state index contributed by atoms with van der Waals surface area (Å²) in [7, 11) is 0. The van der Waals surface area contributed by atoms with Gasteiger partial charge in [-0.25, -0.2) is 0 Å². The lowest BCUT2D eigenvalue weighted by Gasteiger charge is -2.36. The maximum atomic E-state index is 6.10. The molecule has 0 heterocycles. The Bertz CT molecular complexity index is 172. The predicted octanol–water partition coefficient (Wildman–Crippen LogP) is 2.43. The minimum Gasteiger partial charge on any atom is -0.327 e. The second kappa shape index (κ2) is 3.61. The van der Waals surface area contributed by atoms with Crippen molar-refractivity contribution in [3.8, 4) is 0 Å². The molecule has 1 heteroatoms. The van der Waals surface area contributed by atoms with E-state index in [-0.39, 0.29) is 0 Å². The van der Waals surface area contributed by atoms with Crippen molar-refractivity contribution in [2.45, 2.75) is 33.7 Å². The standard InChI is InChI=1S/C11H21N/c1-7(2)10-6-5-8(3)11(12)9(10)4/h5-11H,12H2,1-4H3. The summed E-state index contributed by atoms with van der Waals surface area (Å²) in [5, 5.41) is 0. The first kappa shape index (κ1) is 9.79. The molecule has 1 nitrogen and oxygen atoms in total. The van der Waals surface area contributed by atoms with Crippen molar-refractivity contribution in [1.82, 2.24) is 0 Å². The van der Waals surface area contributed by atoms with Crippen LogP contribution in [0.3, 0.4) is 0 Å². The Morgan fingerprint density at radius 1 is 1.17 bits per heavy atom. The summed E-state index contributed by atoms with van der Waals surface area (Å²) >= 11 is 0. The van der Waals surface area contributed by atoms with Crippen LogP contribution in [0.2, 0.25) is 0 Å². The van der Waals surface area contributed by atoms with E-state index in [2.05, 4.69) is 39.8 Å². The van der Waals surface area contributed by atoms with Gasteiger partial charge >= 0.3 is 0 Å². The number of hydrogen-bond acceptors (Lipinski definition) is 1. The van der Waals surface area contributed by atoms with E-state index in [1.807, 2.05) is 0 Å². The highest BCUT2D eigenvalue weighted by atomic mass is 14.7. The van der Waals surface area contributed by atoms with Crippen LogP contribution in [0, 0.1) is 23.7 Å². The molecule has 0 saturated heterocycles. The minimum atomic E-state index is 0.349. The van der Waals surface area contributed by atoms with Gasteiger partial charge in [-0.3, -0.25) is 0 Å². The lowest BCUT2D eigenvalue weighted by atomic mass is 9.72. The number of allylic oxidation sites excluding steroid dienone is 1. The number of nitrogens with two attached hydrogens (primary N) is 1. The SMILES string of the molecule is CC(C)C1C=CC(C)C(N)C1C. The summed E-state index contributed by atoms with van der Waals surface area (Å²) in [6, 6.07) is 0.349. The van der Waals surface area contributed by atoms with E-state index in [0.717, 1.165) is 5.92 Å². The van der Waals surface area contributed by atoms with Gasteiger partial charge in [0.25, 0.3) is 0 Å². The molecule has 0 aromatic rings. The molecule has 0 fully saturated rings. The zero-order chi connectivity index (χ0) is 9.30. The number of hydrogen-bond donors (Lipinski definition) is 1. The van der Waals surface area contributed by atoms with Gasteiger partial charge in [0.1, 0.15) is 0 Å². The van der Waals surface area contributed by atoms with E-state index in [9.17, 15) is 0 Å². The molecule has 0 bridgehead atoms. The highest BCUT2D eigenvalue weighted by Crippen LogP contribution is 2.31. The summed E-state index contributed by atoms with van der Waals surface area (Å²) < 4.78 is 0. The van der Waals surface area contributed by atoms with Gasteiger partial charge in [0, 0.05) is 6.04 Å². The van der Waals surface area contributed by atoms with Crippen molar-refractivity contribution < 1.29 is 0 Å². The Hall–Kier alpha value is -0.300. The molecular weight excluding hydrogens is 146 g/mol. The summed E-state index contributed by atoms with van der Waals surface area (Å²) in [6.45, 7) is 9.02. The average Bonchev–Trinajstić information content (AvgIpc) is 2.00. The van der Waals surface area contributed by atoms with E-state index in [1.54, 1.807) is 0 Å². The molecule has 1 aliphatic carbocycles. The Balaban J connectivity index is 2.74. The molecule has 0 aromatic carbocycles. The molecule has 0 spiro atoms. The Kier molecular flexibility index (Phi) is 2.94. The van der Waals surface area contributed by atoms with Crippen LogP contribution in [0.15, 0.2) is 12.2 Å². The zero-order valence-electron chi connectivity index (χ0n) is 8.62. The predicted molar refractivity (Wildman–Crippen MR) is 53.8 cm³/mol. The van der Waals surface area contributed by atoms with Crippen LogP contribution in [0.1, 0.15) is 27.7 Å². The normalized spacial score (nSPS) is 42.2. The largest absolute Gasteiger partial charge is 0.327 e. The van der Waals surface area contributed by atoms with Crippen LogP contribution in [0.4, 0.5) is 0 Å². The van der Waals surface area contributed by atoms with Crippen LogP contribution in [-0.2, 0) is 0 Å². The van der Waals surface area contributed by atoms with Gasteiger partial charge in [-0.05, 0) is 23.7 Å². The fourth-order valence-electron chi connectivity index (χ4n) is 2.17. The van der Waals surface area contributed by atoms with Crippen molar-refractivity contribution >= 4 is 0 Å². The van der Waals surface area contributed by atoms with Gasteiger partial charge in [0.2, 0.25) is 0 Å². The molecule has 1 rings (SSSR count). The van der Waals surface area contributed by atoms with Crippen molar-refractivity contribution in [3.05, 3.63) is 12.2 Å². The van der Waals surface area contributed by atoms with Gasteiger partial charge in [-0.2, -0.15) is 0 Å². The molecule has 0 amide bonds. The smallest absolute Gasteiger partial charge is 0.0131 e. The zero-order valence-corrected chi connectivity index (χ0v) is 8.62. The quantitative estimate of drug-likeness (QED) is 0.596. The molecule has 0 aliphatic heterocycles. The van der Waals surface area contributed by atoms with Crippen LogP contribution >= 0.6 is 0 Å². The molecule has 0 saturated carbocycles. The second-order valence-electron chi connectivity index (χ2n) is 4.50. The summed E-state index contributed by atoms with van der Waals surface area (Å²) in [5.74, 6) is 2.57. The second-order valence-corrected chi connectivity index (χ2v) is 4.50. The molecular formula is C11H21N. The highest BCUT2D eigenvalue weighted by molar-refractivity contribution is 5.05. The fraction of sp³-hybridized carbons (Fsp3) is 0.818. The van der Waals surface area contributed by atoms with Crippen molar-refractivity contribution in [3.63, 3.8) is 0 Å². The average molecular weight is 167 g/mol. The molecule has 70 valence electrons. The molecule has 4 atom stereocenters. The van der Waals surface area contributed by atoms with Gasteiger partial charge in [-0.15, -0.1) is 0 Å². The molecule has 12 heavy (non-hydrogen) atoms. The molecule has 2 N–H and O–H groups in total. The van der Waals surface area contributed by atoms with E-state index in [0.29, 0.717) is 23.8 Å². The van der Waals surface area contributed by atoms with Gasteiger partial charge < -0.3 is 5.73 Å². The Labute approximate surface area is 76.0 Å². The minimum absolute atomic E-state index is 0.349. The summed E-state index contributed by atoms with van der Waals surface area (Å²) in [6.07, 6.45) is 4.62. The van der Waals surface area contributed by atoms with E-state index >= 15 is 0 Å². The molecule has 4 unspecified atom stereocenters. The van der Waals surface area contributed by atoms with Crippen LogP contribution < -0.4 is 5.73 Å². The van der Waals surface area contributed by atoms with Crippen LogP contribution in [0.25, 0.3) is 0 Å². The van der Waals surface area contributed by atoms with E-state index in [4.69, 9.17) is 5.73 Å². The fourth-order valence-corrected chi connectivity index (χ4v) is 2.17. The van der Waals surface area contributed by atoms with Gasteiger partial charge in [-0.1, -0.05) is 39.8 Å². The van der Waals surface area contributed by atoms with Crippen LogP contribution in [0.5, 0.6) is 0 Å². The van der Waals surface area contributed by atoms with Crippen LogP contribution in [-0.4, -0.2) is 6.04 Å². The Morgan fingerprint density at radius 2 is 1.75 bits per heavy atom.